The van der Waals surface area contributed by atoms with E-state index in [4.69, 9.17) is 4.52 Å². The van der Waals surface area contributed by atoms with Crippen LogP contribution in [0.25, 0.3) is 11.4 Å². The Labute approximate surface area is 111 Å². The Balaban J connectivity index is 2.26. The summed E-state index contributed by atoms with van der Waals surface area (Å²) in [6, 6.07) is 4.19. The van der Waals surface area contributed by atoms with Gasteiger partial charge in [-0.25, -0.2) is 4.39 Å². The monoisotopic (exact) mass is 312 g/mol. The second-order valence-corrected chi connectivity index (χ2v) is 4.56. The molecule has 0 fully saturated rings. The molecule has 0 aliphatic heterocycles. The molecular formula is C12H10BrFN2O2. The summed E-state index contributed by atoms with van der Waals surface area (Å²) in [7, 11) is 0. The van der Waals surface area contributed by atoms with E-state index in [1.165, 1.54) is 12.1 Å². The summed E-state index contributed by atoms with van der Waals surface area (Å²) in [5.41, 5.74) is 0.621. The van der Waals surface area contributed by atoms with Gasteiger partial charge in [-0.1, -0.05) is 12.1 Å². The van der Waals surface area contributed by atoms with Crippen molar-refractivity contribution in [1.29, 1.82) is 0 Å². The highest BCUT2D eigenvalue weighted by atomic mass is 79.9. The van der Waals surface area contributed by atoms with Crippen LogP contribution in [0.15, 0.2) is 27.2 Å². The SMILES string of the molecule is CCC(=O)Cc1nc(-c2ccc(F)cc2Br)no1. The van der Waals surface area contributed by atoms with Gasteiger partial charge in [-0.3, -0.25) is 4.79 Å². The number of ketones is 1. The van der Waals surface area contributed by atoms with Crippen LogP contribution >= 0.6 is 15.9 Å². The minimum Gasteiger partial charge on any atom is -0.338 e. The van der Waals surface area contributed by atoms with E-state index < -0.39 is 0 Å². The molecule has 1 aromatic carbocycles. The molecule has 2 aromatic rings. The molecule has 2 rings (SSSR count). The maximum absolute atomic E-state index is 12.9. The van der Waals surface area contributed by atoms with Crippen LogP contribution in [-0.2, 0) is 11.2 Å². The minimum absolute atomic E-state index is 0.0309. The van der Waals surface area contributed by atoms with Gasteiger partial charge in [0.2, 0.25) is 11.7 Å². The molecule has 18 heavy (non-hydrogen) atoms. The molecule has 1 heterocycles. The zero-order valence-electron chi connectivity index (χ0n) is 9.61. The van der Waals surface area contributed by atoms with Gasteiger partial charge in [0.15, 0.2) is 0 Å². The van der Waals surface area contributed by atoms with E-state index in [1.807, 2.05) is 0 Å². The average Bonchev–Trinajstić information content (AvgIpc) is 2.77. The van der Waals surface area contributed by atoms with Crippen LogP contribution in [0.5, 0.6) is 0 Å². The summed E-state index contributed by atoms with van der Waals surface area (Å²) in [6.07, 6.45) is 0.556. The highest BCUT2D eigenvalue weighted by molar-refractivity contribution is 9.10. The van der Waals surface area contributed by atoms with Gasteiger partial charge in [0, 0.05) is 16.5 Å². The number of hydrogen-bond donors (Lipinski definition) is 0. The van der Waals surface area contributed by atoms with E-state index in [-0.39, 0.29) is 23.9 Å². The molecule has 0 bridgehead atoms. The first kappa shape index (κ1) is 12.9. The number of nitrogens with zero attached hydrogens (tertiary/aromatic N) is 2. The van der Waals surface area contributed by atoms with Crippen LogP contribution in [0.1, 0.15) is 19.2 Å². The van der Waals surface area contributed by atoms with E-state index in [1.54, 1.807) is 13.0 Å². The van der Waals surface area contributed by atoms with Crippen LogP contribution < -0.4 is 0 Å². The van der Waals surface area contributed by atoms with Crippen molar-refractivity contribution in [3.05, 3.63) is 34.4 Å². The molecule has 0 unspecified atom stereocenters. The van der Waals surface area contributed by atoms with Gasteiger partial charge in [0.25, 0.3) is 0 Å². The highest BCUT2D eigenvalue weighted by Gasteiger charge is 2.13. The summed E-state index contributed by atoms with van der Waals surface area (Å²) in [4.78, 5) is 15.4. The van der Waals surface area contributed by atoms with Crippen molar-refractivity contribution >= 4 is 21.7 Å². The van der Waals surface area contributed by atoms with E-state index in [2.05, 4.69) is 26.1 Å². The van der Waals surface area contributed by atoms with E-state index >= 15 is 0 Å². The molecule has 0 saturated heterocycles. The molecule has 0 atom stereocenters. The molecular weight excluding hydrogens is 303 g/mol. The van der Waals surface area contributed by atoms with E-state index in [9.17, 15) is 9.18 Å². The van der Waals surface area contributed by atoms with Gasteiger partial charge >= 0.3 is 0 Å². The zero-order valence-corrected chi connectivity index (χ0v) is 11.2. The third-order valence-corrected chi connectivity index (χ3v) is 3.04. The van der Waals surface area contributed by atoms with Crippen molar-refractivity contribution in [3.8, 4) is 11.4 Å². The van der Waals surface area contributed by atoms with Crippen molar-refractivity contribution < 1.29 is 13.7 Å². The topological polar surface area (TPSA) is 56.0 Å². The van der Waals surface area contributed by atoms with Crippen LogP contribution in [0.3, 0.4) is 0 Å². The van der Waals surface area contributed by atoms with Crippen molar-refractivity contribution in [1.82, 2.24) is 10.1 Å². The van der Waals surface area contributed by atoms with E-state index in [0.29, 0.717) is 22.3 Å². The molecule has 1 aromatic heterocycles. The Morgan fingerprint density at radius 2 is 2.28 bits per heavy atom. The molecule has 94 valence electrons. The Kier molecular flexibility index (Phi) is 3.86. The van der Waals surface area contributed by atoms with Crippen LogP contribution in [-0.4, -0.2) is 15.9 Å². The quantitative estimate of drug-likeness (QED) is 0.870. The lowest BCUT2D eigenvalue weighted by Crippen LogP contribution is -2.00. The lowest BCUT2D eigenvalue weighted by molar-refractivity contribution is -0.118. The Hall–Kier alpha value is -1.56. The predicted molar refractivity (Wildman–Crippen MR) is 66.4 cm³/mol. The fraction of sp³-hybridized carbons (Fsp3) is 0.250. The number of carbonyl (C=O) groups excluding carboxylic acids is 1. The fourth-order valence-corrected chi connectivity index (χ4v) is 1.93. The van der Waals surface area contributed by atoms with Crippen molar-refractivity contribution in [2.75, 3.05) is 0 Å². The number of halogens is 2. The van der Waals surface area contributed by atoms with Gasteiger partial charge < -0.3 is 4.52 Å². The van der Waals surface area contributed by atoms with Gasteiger partial charge in [0.05, 0.1) is 6.42 Å². The first-order chi connectivity index (χ1) is 8.60. The summed E-state index contributed by atoms with van der Waals surface area (Å²) < 4.78 is 18.5. The van der Waals surface area contributed by atoms with Gasteiger partial charge in [-0.15, -0.1) is 0 Å². The number of Topliss-reactive ketones (excluding diaryl/α,β-unsaturated/α-hetero) is 1. The smallest absolute Gasteiger partial charge is 0.234 e. The van der Waals surface area contributed by atoms with Crippen molar-refractivity contribution in [2.45, 2.75) is 19.8 Å². The standard InChI is InChI=1S/C12H10BrFN2O2/c1-2-8(17)6-11-15-12(16-18-11)9-4-3-7(14)5-10(9)13/h3-5H,2,6H2,1H3. The normalized spacial score (nSPS) is 10.6. The van der Waals surface area contributed by atoms with Crippen LogP contribution in [0.4, 0.5) is 4.39 Å². The van der Waals surface area contributed by atoms with Gasteiger partial charge in [-0.05, 0) is 34.1 Å². The molecule has 0 aliphatic rings. The maximum atomic E-state index is 12.9. The third kappa shape index (κ3) is 2.81. The third-order valence-electron chi connectivity index (χ3n) is 2.38. The summed E-state index contributed by atoms with van der Waals surface area (Å²) in [6.45, 7) is 1.77. The summed E-state index contributed by atoms with van der Waals surface area (Å²) in [5.74, 6) is 0.285. The number of benzene rings is 1. The molecule has 0 radical (unpaired) electrons. The maximum Gasteiger partial charge on any atom is 0.234 e. The summed E-state index contributed by atoms with van der Waals surface area (Å²) in [5, 5.41) is 3.77. The number of hydrogen-bond acceptors (Lipinski definition) is 4. The molecule has 0 aliphatic carbocycles. The lowest BCUT2D eigenvalue weighted by atomic mass is 10.2. The molecule has 4 nitrogen and oxygen atoms in total. The predicted octanol–water partition coefficient (Wildman–Crippen LogP) is 3.16. The Morgan fingerprint density at radius 3 is 2.94 bits per heavy atom. The Bertz CT molecular complexity index is 583. The Morgan fingerprint density at radius 1 is 1.50 bits per heavy atom. The number of carbonyl (C=O) groups is 1. The number of rotatable bonds is 4. The molecule has 0 spiro atoms. The van der Waals surface area contributed by atoms with Gasteiger partial charge in [0.1, 0.15) is 11.6 Å². The molecule has 6 heteroatoms. The minimum atomic E-state index is -0.351. The number of aromatic nitrogens is 2. The average molecular weight is 313 g/mol. The molecule has 0 amide bonds. The first-order valence-electron chi connectivity index (χ1n) is 5.40. The van der Waals surface area contributed by atoms with Crippen LogP contribution in [0, 0.1) is 5.82 Å². The van der Waals surface area contributed by atoms with E-state index in [0.717, 1.165) is 0 Å². The van der Waals surface area contributed by atoms with Crippen LogP contribution in [0.2, 0.25) is 0 Å². The van der Waals surface area contributed by atoms with Crippen molar-refractivity contribution in [2.24, 2.45) is 0 Å². The molecule has 0 N–H and O–H groups in total. The summed E-state index contributed by atoms with van der Waals surface area (Å²) >= 11 is 3.23. The lowest BCUT2D eigenvalue weighted by Gasteiger charge is -1.98. The van der Waals surface area contributed by atoms with Crippen molar-refractivity contribution in [3.63, 3.8) is 0 Å². The second kappa shape index (κ2) is 5.39. The zero-order chi connectivity index (χ0) is 13.1. The van der Waals surface area contributed by atoms with Gasteiger partial charge in [-0.2, -0.15) is 4.98 Å². The largest absolute Gasteiger partial charge is 0.338 e. The molecule has 0 saturated carbocycles. The second-order valence-electron chi connectivity index (χ2n) is 3.70. The fourth-order valence-electron chi connectivity index (χ4n) is 1.40. The highest BCUT2D eigenvalue weighted by Crippen LogP contribution is 2.26. The first-order valence-corrected chi connectivity index (χ1v) is 6.19.